The highest BCUT2D eigenvalue weighted by molar-refractivity contribution is 7.12. The van der Waals surface area contributed by atoms with Crippen molar-refractivity contribution in [2.45, 2.75) is 52.7 Å². The summed E-state index contributed by atoms with van der Waals surface area (Å²) in [6.07, 6.45) is 3.19. The summed E-state index contributed by atoms with van der Waals surface area (Å²) in [4.78, 5) is 2.45. The number of aromatic nitrogens is 2. The first-order chi connectivity index (χ1) is 9.01. The molecule has 0 amide bonds. The topological polar surface area (TPSA) is 38.0 Å². The van der Waals surface area contributed by atoms with E-state index in [0.717, 1.165) is 17.7 Å². The van der Waals surface area contributed by atoms with E-state index in [1.54, 1.807) is 11.3 Å². The molecule has 0 radical (unpaired) electrons. The van der Waals surface area contributed by atoms with Crippen LogP contribution < -0.4 is 0 Å². The van der Waals surface area contributed by atoms with Gasteiger partial charge >= 0.3 is 0 Å². The molecule has 2 heterocycles. The Morgan fingerprint density at radius 3 is 2.74 bits per heavy atom. The lowest BCUT2D eigenvalue weighted by molar-refractivity contribution is 0.176. The average Bonchev–Trinajstić information content (AvgIpc) is 2.95. The molecule has 3 nitrogen and oxygen atoms in total. The van der Waals surface area contributed by atoms with E-state index in [-0.39, 0.29) is 0 Å². The van der Waals surface area contributed by atoms with Gasteiger partial charge in [0.1, 0.15) is 0 Å². The van der Waals surface area contributed by atoms with Gasteiger partial charge in [-0.15, -0.1) is 11.3 Å². The van der Waals surface area contributed by atoms with Crippen LogP contribution in [0.5, 0.6) is 0 Å². The molecule has 0 bridgehead atoms. The van der Waals surface area contributed by atoms with Crippen molar-refractivity contribution in [3.63, 3.8) is 0 Å². The fourth-order valence-electron chi connectivity index (χ4n) is 2.21. The molecule has 0 saturated carbocycles. The van der Waals surface area contributed by atoms with Crippen LogP contribution in [0.4, 0.5) is 0 Å². The molecule has 0 saturated heterocycles. The lowest BCUT2D eigenvalue weighted by atomic mass is 10.1. The fourth-order valence-corrected chi connectivity index (χ4v) is 3.19. The van der Waals surface area contributed by atoms with Crippen molar-refractivity contribution in [3.05, 3.63) is 39.3 Å². The van der Waals surface area contributed by atoms with Crippen LogP contribution in [0.25, 0.3) is 0 Å². The van der Waals surface area contributed by atoms with E-state index in [1.165, 1.54) is 9.75 Å². The summed E-state index contributed by atoms with van der Waals surface area (Å²) in [5.41, 5.74) is 2.00. The first-order valence-electron chi connectivity index (χ1n) is 6.80. The highest BCUT2D eigenvalue weighted by atomic mass is 32.1. The third-order valence-electron chi connectivity index (χ3n) is 3.55. The molecular formula is C15H22N2OS. The van der Waals surface area contributed by atoms with Crippen molar-refractivity contribution >= 4 is 11.3 Å². The first kappa shape index (κ1) is 14.3. The van der Waals surface area contributed by atoms with E-state index >= 15 is 0 Å². The Labute approximate surface area is 118 Å². The van der Waals surface area contributed by atoms with Crippen molar-refractivity contribution in [2.24, 2.45) is 0 Å². The first-order valence-corrected chi connectivity index (χ1v) is 7.62. The van der Waals surface area contributed by atoms with Gasteiger partial charge in [0.05, 0.1) is 11.8 Å². The predicted molar refractivity (Wildman–Crippen MR) is 79.7 cm³/mol. The number of aliphatic hydroxyl groups excluding tert-OH is 1. The molecule has 0 aromatic carbocycles. The van der Waals surface area contributed by atoms with Crippen LogP contribution in [0.15, 0.2) is 18.3 Å². The van der Waals surface area contributed by atoms with Crippen LogP contribution >= 0.6 is 11.3 Å². The molecule has 2 aromatic rings. The lowest BCUT2D eigenvalue weighted by Gasteiger charge is -2.10. The minimum atomic E-state index is -0.453. The van der Waals surface area contributed by atoms with Crippen LogP contribution in [-0.4, -0.2) is 14.9 Å². The van der Waals surface area contributed by atoms with E-state index < -0.39 is 6.10 Å². The van der Waals surface area contributed by atoms with Crippen molar-refractivity contribution in [1.82, 2.24) is 9.78 Å². The standard InChI is InChI=1S/C15H22N2OS/c1-5-10(2)17-7-6-13(16-17)9-15(18)14-8-11(3)19-12(14)4/h6-8,10,15,18H,5,9H2,1-4H3. The number of hydrogen-bond donors (Lipinski definition) is 1. The Morgan fingerprint density at radius 1 is 1.42 bits per heavy atom. The molecule has 0 fully saturated rings. The molecule has 0 spiro atoms. The van der Waals surface area contributed by atoms with Crippen molar-refractivity contribution < 1.29 is 5.11 Å². The molecule has 0 aliphatic heterocycles. The monoisotopic (exact) mass is 278 g/mol. The molecule has 0 aliphatic rings. The molecule has 104 valence electrons. The Balaban J connectivity index is 2.08. The summed E-state index contributed by atoms with van der Waals surface area (Å²) in [6, 6.07) is 4.50. The zero-order valence-corrected chi connectivity index (χ0v) is 12.9. The third kappa shape index (κ3) is 3.25. The molecule has 2 rings (SSSR count). The number of aryl methyl sites for hydroxylation is 2. The molecule has 2 aromatic heterocycles. The Morgan fingerprint density at radius 2 is 2.16 bits per heavy atom. The Kier molecular flexibility index (Phi) is 4.42. The third-order valence-corrected chi connectivity index (χ3v) is 4.53. The minimum absolute atomic E-state index is 0.413. The second-order valence-corrected chi connectivity index (χ2v) is 6.59. The van der Waals surface area contributed by atoms with Crippen LogP contribution in [0, 0.1) is 13.8 Å². The second-order valence-electron chi connectivity index (χ2n) is 5.13. The van der Waals surface area contributed by atoms with Gasteiger partial charge in [0.15, 0.2) is 0 Å². The van der Waals surface area contributed by atoms with E-state index in [4.69, 9.17) is 0 Å². The number of nitrogens with zero attached hydrogens (tertiary/aromatic N) is 2. The van der Waals surface area contributed by atoms with Gasteiger partial charge in [-0.2, -0.15) is 5.10 Å². The molecule has 2 atom stereocenters. The fraction of sp³-hybridized carbons (Fsp3) is 0.533. The van der Waals surface area contributed by atoms with Gasteiger partial charge in [-0.25, -0.2) is 0 Å². The normalized spacial score (nSPS) is 14.6. The van der Waals surface area contributed by atoms with Crippen LogP contribution in [0.1, 0.15) is 53.4 Å². The quantitative estimate of drug-likeness (QED) is 0.903. The van der Waals surface area contributed by atoms with Crippen molar-refractivity contribution in [2.75, 3.05) is 0 Å². The molecular weight excluding hydrogens is 256 g/mol. The van der Waals surface area contributed by atoms with Gasteiger partial charge in [-0.1, -0.05) is 6.92 Å². The van der Waals surface area contributed by atoms with Gasteiger partial charge < -0.3 is 5.11 Å². The smallest absolute Gasteiger partial charge is 0.0856 e. The van der Waals surface area contributed by atoms with Crippen LogP contribution in [0.3, 0.4) is 0 Å². The highest BCUT2D eigenvalue weighted by Crippen LogP contribution is 2.28. The summed E-state index contributed by atoms with van der Waals surface area (Å²) >= 11 is 1.74. The van der Waals surface area contributed by atoms with Crippen LogP contribution in [0.2, 0.25) is 0 Å². The summed E-state index contributed by atoms with van der Waals surface area (Å²) in [5, 5.41) is 14.9. The molecule has 2 unspecified atom stereocenters. The molecule has 19 heavy (non-hydrogen) atoms. The van der Waals surface area contributed by atoms with Gasteiger partial charge in [0.2, 0.25) is 0 Å². The summed E-state index contributed by atoms with van der Waals surface area (Å²) in [5.74, 6) is 0. The molecule has 0 aliphatic carbocycles. The molecule has 1 N–H and O–H groups in total. The van der Waals surface area contributed by atoms with E-state index in [2.05, 4.69) is 38.9 Å². The Hall–Kier alpha value is -1.13. The van der Waals surface area contributed by atoms with Crippen LogP contribution in [-0.2, 0) is 6.42 Å². The van der Waals surface area contributed by atoms with Gasteiger partial charge in [-0.05, 0) is 44.9 Å². The average molecular weight is 278 g/mol. The van der Waals surface area contributed by atoms with E-state index in [0.29, 0.717) is 12.5 Å². The van der Waals surface area contributed by atoms with E-state index in [1.807, 2.05) is 16.9 Å². The number of thiophene rings is 1. The molecule has 4 heteroatoms. The van der Waals surface area contributed by atoms with Gasteiger partial charge in [0.25, 0.3) is 0 Å². The maximum Gasteiger partial charge on any atom is 0.0856 e. The Bertz CT molecular complexity index is 544. The van der Waals surface area contributed by atoms with Gasteiger partial charge in [0, 0.05) is 28.4 Å². The zero-order chi connectivity index (χ0) is 14.0. The van der Waals surface area contributed by atoms with E-state index in [9.17, 15) is 5.11 Å². The van der Waals surface area contributed by atoms with Gasteiger partial charge in [-0.3, -0.25) is 4.68 Å². The number of hydrogen-bond acceptors (Lipinski definition) is 3. The predicted octanol–water partition coefficient (Wildman–Crippen LogP) is 3.81. The summed E-state index contributed by atoms with van der Waals surface area (Å²) in [6.45, 7) is 8.44. The summed E-state index contributed by atoms with van der Waals surface area (Å²) in [7, 11) is 0. The zero-order valence-electron chi connectivity index (χ0n) is 12.1. The maximum absolute atomic E-state index is 10.3. The second kappa shape index (κ2) is 5.88. The maximum atomic E-state index is 10.3. The largest absolute Gasteiger partial charge is 0.388 e. The van der Waals surface area contributed by atoms with Crippen molar-refractivity contribution in [1.29, 1.82) is 0 Å². The summed E-state index contributed by atoms with van der Waals surface area (Å²) < 4.78 is 1.98. The SMILES string of the molecule is CCC(C)n1ccc(CC(O)c2cc(C)sc2C)n1. The number of aliphatic hydroxyl groups is 1. The minimum Gasteiger partial charge on any atom is -0.388 e. The van der Waals surface area contributed by atoms with Crippen molar-refractivity contribution in [3.8, 4) is 0 Å². The highest BCUT2D eigenvalue weighted by Gasteiger charge is 2.15. The number of rotatable bonds is 5. The lowest BCUT2D eigenvalue weighted by Crippen LogP contribution is -2.07.